The number of rotatable bonds is 9. The van der Waals surface area contributed by atoms with E-state index in [9.17, 15) is 9.90 Å². The van der Waals surface area contributed by atoms with Crippen LogP contribution in [-0.2, 0) is 36.7 Å². The molecule has 2 aromatic heterocycles. The first-order valence-corrected chi connectivity index (χ1v) is 15.8. The monoisotopic (exact) mass is 759 g/mol. The number of aliphatic hydroxyl groups excluding tert-OH is 1. The van der Waals surface area contributed by atoms with Crippen LogP contribution in [0.1, 0.15) is 103 Å². The van der Waals surface area contributed by atoms with E-state index in [4.69, 9.17) is 9.40 Å². The van der Waals surface area contributed by atoms with Crippen molar-refractivity contribution >= 4 is 27.7 Å². The standard InChI is InChI=1S/C25H24NO.C13H24O2.Ir/c1-14(2)13-16-9-11-18-21-20-17(10-8-15(3)23(20)27-24(16)21)22-19(25(18,4)5)7-6-12-26-22;1-5-10(6-2)12(14)9-13(15)11(7-3)8-4;/h6-9,11-12,14H,13H2,1-5H3;9-11,14H,5-8H2,1-4H3;/q-1;;/b;12-9-;. The normalized spacial score (nSPS) is 13.7. The topological polar surface area (TPSA) is 63.3 Å². The molecular weight excluding hydrogens is 711 g/mol. The van der Waals surface area contributed by atoms with Crippen LogP contribution in [0.2, 0.25) is 0 Å². The van der Waals surface area contributed by atoms with Gasteiger partial charge < -0.3 is 14.5 Å². The summed E-state index contributed by atoms with van der Waals surface area (Å²) in [5.41, 5.74) is 8.94. The van der Waals surface area contributed by atoms with Crippen molar-refractivity contribution in [2.75, 3.05) is 0 Å². The fraction of sp³-hybridized carbons (Fsp3) is 0.474. The fourth-order valence-electron chi connectivity index (χ4n) is 6.43. The van der Waals surface area contributed by atoms with Gasteiger partial charge in [-0.05, 0) is 66.3 Å². The first-order valence-electron chi connectivity index (χ1n) is 15.8. The number of aromatic nitrogens is 1. The third kappa shape index (κ3) is 6.69. The van der Waals surface area contributed by atoms with Crippen molar-refractivity contribution in [1.29, 1.82) is 0 Å². The molecule has 0 bridgehead atoms. The van der Waals surface area contributed by atoms with Gasteiger partial charge in [-0.2, -0.15) is 0 Å². The number of aliphatic hydroxyl groups is 1. The largest absolute Gasteiger partial charge is 0.512 e. The Bertz CT molecular complexity index is 1600. The van der Waals surface area contributed by atoms with E-state index in [1.807, 2.05) is 46.0 Å². The summed E-state index contributed by atoms with van der Waals surface area (Å²) in [6, 6.07) is 14.4. The summed E-state index contributed by atoms with van der Waals surface area (Å²) in [7, 11) is 0. The third-order valence-corrected chi connectivity index (χ3v) is 9.06. The van der Waals surface area contributed by atoms with Crippen molar-refractivity contribution < 1.29 is 34.4 Å². The molecule has 0 saturated carbocycles. The van der Waals surface area contributed by atoms with Crippen LogP contribution in [0.25, 0.3) is 33.2 Å². The Morgan fingerprint density at radius 1 is 0.977 bits per heavy atom. The molecule has 5 rings (SSSR count). The third-order valence-electron chi connectivity index (χ3n) is 9.06. The van der Waals surface area contributed by atoms with E-state index in [-0.39, 0.29) is 48.9 Å². The van der Waals surface area contributed by atoms with Crippen molar-refractivity contribution in [2.45, 2.75) is 99.8 Å². The summed E-state index contributed by atoms with van der Waals surface area (Å²) in [4.78, 5) is 16.5. The molecule has 0 fully saturated rings. The molecule has 1 N–H and O–H groups in total. The van der Waals surface area contributed by atoms with Gasteiger partial charge in [0.15, 0.2) is 5.78 Å². The van der Waals surface area contributed by atoms with Gasteiger partial charge in [-0.15, -0.1) is 17.7 Å². The van der Waals surface area contributed by atoms with Crippen molar-refractivity contribution in [2.24, 2.45) is 17.8 Å². The summed E-state index contributed by atoms with van der Waals surface area (Å²) < 4.78 is 6.53. The molecule has 1 radical (unpaired) electrons. The number of nitrogens with zero attached hydrogens (tertiary/aromatic N) is 1. The van der Waals surface area contributed by atoms with Gasteiger partial charge in [0.2, 0.25) is 0 Å². The maximum absolute atomic E-state index is 11.7. The molecular formula is C38H48IrNO3-. The van der Waals surface area contributed by atoms with Gasteiger partial charge >= 0.3 is 0 Å². The van der Waals surface area contributed by atoms with Crippen molar-refractivity contribution in [3.05, 3.63) is 76.7 Å². The zero-order chi connectivity index (χ0) is 30.8. The van der Waals surface area contributed by atoms with E-state index in [1.165, 1.54) is 33.5 Å². The quantitative estimate of drug-likeness (QED) is 0.105. The zero-order valence-electron chi connectivity index (χ0n) is 27.4. The minimum Gasteiger partial charge on any atom is -0.512 e. The zero-order valence-corrected chi connectivity index (χ0v) is 29.7. The number of benzene rings is 2. The van der Waals surface area contributed by atoms with Crippen molar-refractivity contribution in [3.63, 3.8) is 0 Å². The van der Waals surface area contributed by atoms with Crippen LogP contribution in [-0.4, -0.2) is 15.9 Å². The van der Waals surface area contributed by atoms with Crippen LogP contribution in [0.5, 0.6) is 0 Å². The maximum Gasteiger partial charge on any atom is 0.162 e. The summed E-state index contributed by atoms with van der Waals surface area (Å²) in [5.74, 6) is 1.13. The van der Waals surface area contributed by atoms with Gasteiger partial charge in [-0.25, -0.2) is 0 Å². The van der Waals surface area contributed by atoms with Crippen LogP contribution >= 0.6 is 0 Å². The van der Waals surface area contributed by atoms with Crippen LogP contribution in [0.4, 0.5) is 0 Å². The molecule has 0 atom stereocenters. The molecule has 0 amide bonds. The molecule has 233 valence electrons. The van der Waals surface area contributed by atoms with Crippen molar-refractivity contribution in [3.8, 4) is 11.3 Å². The van der Waals surface area contributed by atoms with E-state index < -0.39 is 0 Å². The molecule has 1 aliphatic rings. The molecule has 4 aromatic rings. The Morgan fingerprint density at radius 3 is 2.23 bits per heavy atom. The Hall–Kier alpha value is -2.75. The number of hydrogen-bond acceptors (Lipinski definition) is 4. The summed E-state index contributed by atoms with van der Waals surface area (Å²) in [6.45, 7) is 19.3. The predicted octanol–water partition coefficient (Wildman–Crippen LogP) is 10.5. The van der Waals surface area contributed by atoms with Gasteiger partial charge in [-0.3, -0.25) is 4.79 Å². The number of fused-ring (bicyclic) bond motifs is 2. The number of carbonyl (C=O) groups is 1. The maximum atomic E-state index is 11.7. The second-order valence-corrected chi connectivity index (χ2v) is 12.8. The first-order chi connectivity index (χ1) is 20.0. The number of aryl methyl sites for hydroxylation is 1. The second-order valence-electron chi connectivity index (χ2n) is 12.8. The van der Waals surface area contributed by atoms with Gasteiger partial charge in [-0.1, -0.05) is 97.0 Å². The Morgan fingerprint density at radius 2 is 1.63 bits per heavy atom. The van der Waals surface area contributed by atoms with Crippen LogP contribution in [0, 0.1) is 30.7 Å². The number of ketones is 1. The Balaban J connectivity index is 0.000000274. The number of hydrogen-bond donors (Lipinski definition) is 1. The fourth-order valence-corrected chi connectivity index (χ4v) is 6.43. The molecule has 0 saturated heterocycles. The van der Waals surface area contributed by atoms with Gasteiger partial charge in [0, 0.05) is 49.6 Å². The number of carbonyl (C=O) groups excluding carboxylic acids is 1. The molecule has 5 heteroatoms. The van der Waals surface area contributed by atoms with Gasteiger partial charge in [0.1, 0.15) is 5.58 Å². The molecule has 2 heterocycles. The van der Waals surface area contributed by atoms with E-state index in [2.05, 4.69) is 58.9 Å². The molecule has 4 nitrogen and oxygen atoms in total. The van der Waals surface area contributed by atoms with E-state index in [0.717, 1.165) is 60.1 Å². The summed E-state index contributed by atoms with van der Waals surface area (Å²) in [5, 5.41) is 12.2. The Labute approximate surface area is 271 Å². The number of furan rings is 1. The number of pyridine rings is 1. The first kappa shape index (κ1) is 34.7. The molecule has 0 spiro atoms. The molecule has 2 aromatic carbocycles. The number of allylic oxidation sites excluding steroid dienone is 2. The average Bonchev–Trinajstić information content (AvgIpc) is 3.33. The summed E-state index contributed by atoms with van der Waals surface area (Å²) >= 11 is 0. The minimum atomic E-state index is -0.157. The molecule has 1 aliphatic carbocycles. The smallest absolute Gasteiger partial charge is 0.162 e. The van der Waals surface area contributed by atoms with Crippen molar-refractivity contribution in [1.82, 2.24) is 4.98 Å². The Kier molecular flexibility index (Phi) is 11.6. The van der Waals surface area contributed by atoms with E-state index in [1.54, 1.807) is 0 Å². The van der Waals surface area contributed by atoms with Gasteiger partial charge in [0.25, 0.3) is 0 Å². The van der Waals surface area contributed by atoms with Crippen LogP contribution in [0.3, 0.4) is 0 Å². The summed E-state index contributed by atoms with van der Waals surface area (Å²) in [6.07, 6.45) is 7.80. The van der Waals surface area contributed by atoms with E-state index in [0.29, 0.717) is 5.92 Å². The average molecular weight is 759 g/mol. The molecule has 43 heavy (non-hydrogen) atoms. The van der Waals surface area contributed by atoms with Gasteiger partial charge in [0.05, 0.1) is 11.3 Å². The molecule has 0 aliphatic heterocycles. The predicted molar refractivity (Wildman–Crippen MR) is 175 cm³/mol. The van der Waals surface area contributed by atoms with Crippen LogP contribution in [0.15, 0.2) is 52.8 Å². The van der Waals surface area contributed by atoms with E-state index >= 15 is 0 Å². The van der Waals surface area contributed by atoms with Crippen LogP contribution < -0.4 is 0 Å². The SMILES string of the molecule is CCC(CC)C(=O)/C=C(\O)C(CC)CC.Cc1c[c-]c2c3c1oc1c(CC(C)C)ccc(c13)C(C)(C)c1cccnc1-2.[Ir]. The minimum absolute atomic E-state index is 0. The molecule has 0 unspecified atom stereocenters. The second kappa shape index (κ2) is 14.4.